The Bertz CT molecular complexity index is 620. The van der Waals surface area contributed by atoms with Crippen molar-refractivity contribution in [3.05, 3.63) is 64.6 Å². The molecule has 1 saturated carbocycles. The molecule has 0 N–H and O–H groups in total. The second kappa shape index (κ2) is 6.02. The van der Waals surface area contributed by atoms with Gasteiger partial charge in [0.1, 0.15) is 0 Å². The Labute approximate surface area is 133 Å². The van der Waals surface area contributed by atoms with E-state index in [2.05, 4.69) is 40.2 Å². The summed E-state index contributed by atoms with van der Waals surface area (Å²) in [5.74, 6) is 0. The molecule has 0 aliphatic heterocycles. The predicted octanol–water partition coefficient (Wildman–Crippen LogP) is 4.88. The van der Waals surface area contributed by atoms with Crippen molar-refractivity contribution in [3.8, 4) is 0 Å². The van der Waals surface area contributed by atoms with E-state index in [0.717, 1.165) is 42.3 Å². The average molecular weight is 344 g/mol. The van der Waals surface area contributed by atoms with Crippen LogP contribution in [-0.2, 0) is 10.3 Å². The molecule has 0 bridgehead atoms. The number of hydrogen-bond donors (Lipinski definition) is 0. The van der Waals surface area contributed by atoms with Crippen LogP contribution in [0.2, 0.25) is 0 Å². The molecule has 3 rings (SSSR count). The SMILES string of the molecule is O=CN(c1cccc(Br)c1)C1(c2ccccc2)CCCC1. The summed E-state index contributed by atoms with van der Waals surface area (Å²) in [6.45, 7) is 0. The number of hydrogen-bond acceptors (Lipinski definition) is 1. The van der Waals surface area contributed by atoms with Crippen LogP contribution in [0.15, 0.2) is 59.1 Å². The minimum absolute atomic E-state index is 0.205. The summed E-state index contributed by atoms with van der Waals surface area (Å²) in [4.78, 5) is 13.8. The van der Waals surface area contributed by atoms with Gasteiger partial charge in [-0.1, -0.05) is 65.2 Å². The number of rotatable bonds is 4. The highest BCUT2D eigenvalue weighted by atomic mass is 79.9. The Morgan fingerprint density at radius 1 is 1.00 bits per heavy atom. The fourth-order valence-electron chi connectivity index (χ4n) is 3.41. The quantitative estimate of drug-likeness (QED) is 0.724. The number of anilines is 1. The summed E-state index contributed by atoms with van der Waals surface area (Å²) in [6.07, 6.45) is 5.34. The smallest absolute Gasteiger partial charge is 0.214 e. The van der Waals surface area contributed by atoms with Crippen LogP contribution in [0.3, 0.4) is 0 Å². The molecule has 1 aliphatic carbocycles. The maximum absolute atomic E-state index is 11.9. The molecular formula is C18H18BrNO. The van der Waals surface area contributed by atoms with Gasteiger partial charge in [-0.05, 0) is 36.6 Å². The lowest BCUT2D eigenvalue weighted by Gasteiger charge is -2.39. The van der Waals surface area contributed by atoms with Gasteiger partial charge in [0.2, 0.25) is 6.41 Å². The number of amides is 1. The van der Waals surface area contributed by atoms with Crippen LogP contribution < -0.4 is 4.90 Å². The highest BCUT2D eigenvalue weighted by Gasteiger charge is 2.41. The zero-order chi connectivity index (χ0) is 14.7. The van der Waals surface area contributed by atoms with Crippen molar-refractivity contribution in [3.63, 3.8) is 0 Å². The molecule has 108 valence electrons. The predicted molar refractivity (Wildman–Crippen MR) is 89.3 cm³/mol. The van der Waals surface area contributed by atoms with Gasteiger partial charge in [0.15, 0.2) is 0 Å². The molecule has 0 unspecified atom stereocenters. The third-order valence-corrected chi connectivity index (χ3v) is 4.89. The van der Waals surface area contributed by atoms with Gasteiger partial charge in [-0.15, -0.1) is 0 Å². The molecule has 0 aromatic heterocycles. The van der Waals surface area contributed by atoms with Crippen molar-refractivity contribution in [2.75, 3.05) is 4.90 Å². The normalized spacial score (nSPS) is 16.6. The Balaban J connectivity index is 2.09. The first kappa shape index (κ1) is 14.3. The molecular weight excluding hydrogens is 326 g/mol. The molecule has 1 aliphatic rings. The van der Waals surface area contributed by atoms with Crippen LogP contribution >= 0.6 is 15.9 Å². The highest BCUT2D eigenvalue weighted by molar-refractivity contribution is 9.10. The van der Waals surface area contributed by atoms with Gasteiger partial charge in [0.25, 0.3) is 0 Å². The fraction of sp³-hybridized carbons (Fsp3) is 0.278. The molecule has 0 atom stereocenters. The fourth-order valence-corrected chi connectivity index (χ4v) is 3.80. The number of carbonyl (C=O) groups is 1. The molecule has 21 heavy (non-hydrogen) atoms. The minimum Gasteiger partial charge on any atom is -0.305 e. The van der Waals surface area contributed by atoms with E-state index in [1.807, 2.05) is 35.2 Å². The lowest BCUT2D eigenvalue weighted by molar-refractivity contribution is -0.108. The van der Waals surface area contributed by atoms with Crippen LogP contribution in [0.1, 0.15) is 31.2 Å². The molecule has 1 fully saturated rings. The molecule has 0 spiro atoms. The van der Waals surface area contributed by atoms with Crippen LogP contribution in [0.4, 0.5) is 5.69 Å². The van der Waals surface area contributed by atoms with Crippen molar-refractivity contribution < 1.29 is 4.79 Å². The summed E-state index contributed by atoms with van der Waals surface area (Å²) in [5, 5.41) is 0. The van der Waals surface area contributed by atoms with E-state index in [9.17, 15) is 4.79 Å². The van der Waals surface area contributed by atoms with Gasteiger partial charge in [0.05, 0.1) is 5.54 Å². The van der Waals surface area contributed by atoms with Crippen molar-refractivity contribution in [2.24, 2.45) is 0 Å². The summed E-state index contributed by atoms with van der Waals surface area (Å²) >= 11 is 3.50. The summed E-state index contributed by atoms with van der Waals surface area (Å²) < 4.78 is 0.994. The summed E-state index contributed by atoms with van der Waals surface area (Å²) in [7, 11) is 0. The van der Waals surface area contributed by atoms with Crippen LogP contribution in [0.25, 0.3) is 0 Å². The Kier molecular flexibility index (Phi) is 4.11. The van der Waals surface area contributed by atoms with E-state index in [0.29, 0.717) is 0 Å². The number of nitrogens with zero attached hydrogens (tertiary/aromatic N) is 1. The number of halogens is 1. The molecule has 3 heteroatoms. The van der Waals surface area contributed by atoms with Crippen LogP contribution in [-0.4, -0.2) is 6.41 Å². The van der Waals surface area contributed by atoms with E-state index in [4.69, 9.17) is 0 Å². The first-order valence-corrected chi connectivity index (χ1v) is 8.11. The van der Waals surface area contributed by atoms with Crippen molar-refractivity contribution in [2.45, 2.75) is 31.2 Å². The third-order valence-electron chi connectivity index (χ3n) is 4.39. The van der Waals surface area contributed by atoms with Gasteiger partial charge in [-0.3, -0.25) is 4.79 Å². The second-order valence-corrected chi connectivity index (χ2v) is 6.48. The monoisotopic (exact) mass is 343 g/mol. The topological polar surface area (TPSA) is 20.3 Å². The van der Waals surface area contributed by atoms with Gasteiger partial charge >= 0.3 is 0 Å². The lowest BCUT2D eigenvalue weighted by atomic mass is 9.86. The molecule has 0 saturated heterocycles. The Hall–Kier alpha value is -1.61. The zero-order valence-corrected chi connectivity index (χ0v) is 13.4. The molecule has 0 heterocycles. The van der Waals surface area contributed by atoms with Crippen molar-refractivity contribution in [1.82, 2.24) is 0 Å². The third kappa shape index (κ3) is 2.62. The van der Waals surface area contributed by atoms with Gasteiger partial charge < -0.3 is 4.90 Å². The minimum atomic E-state index is -0.205. The van der Waals surface area contributed by atoms with Crippen LogP contribution in [0.5, 0.6) is 0 Å². The van der Waals surface area contributed by atoms with E-state index in [1.54, 1.807) is 0 Å². The van der Waals surface area contributed by atoms with Gasteiger partial charge in [-0.25, -0.2) is 0 Å². The first-order chi connectivity index (χ1) is 10.3. The number of carbonyl (C=O) groups excluding carboxylic acids is 1. The van der Waals surface area contributed by atoms with Crippen molar-refractivity contribution >= 4 is 28.0 Å². The average Bonchev–Trinajstić information content (AvgIpc) is 3.00. The standard InChI is InChI=1S/C18H18BrNO/c19-16-9-6-10-17(13-16)20(14-21)18(11-4-5-12-18)15-7-2-1-3-8-15/h1-3,6-10,13-14H,4-5,11-12H2. The summed E-state index contributed by atoms with van der Waals surface area (Å²) in [6, 6.07) is 18.4. The Morgan fingerprint density at radius 2 is 1.71 bits per heavy atom. The molecule has 2 aromatic rings. The first-order valence-electron chi connectivity index (χ1n) is 7.32. The Morgan fingerprint density at radius 3 is 2.33 bits per heavy atom. The molecule has 2 nitrogen and oxygen atoms in total. The molecule has 0 radical (unpaired) electrons. The largest absolute Gasteiger partial charge is 0.305 e. The molecule has 2 aromatic carbocycles. The summed E-state index contributed by atoms with van der Waals surface area (Å²) in [5.41, 5.74) is 1.98. The zero-order valence-electron chi connectivity index (χ0n) is 11.8. The second-order valence-electron chi connectivity index (χ2n) is 5.56. The molecule has 1 amide bonds. The maximum Gasteiger partial charge on any atom is 0.214 e. The van der Waals surface area contributed by atoms with E-state index < -0.39 is 0 Å². The van der Waals surface area contributed by atoms with Crippen LogP contribution in [0, 0.1) is 0 Å². The lowest BCUT2D eigenvalue weighted by Crippen LogP contribution is -2.43. The van der Waals surface area contributed by atoms with Gasteiger partial charge in [0, 0.05) is 10.2 Å². The van der Waals surface area contributed by atoms with E-state index in [1.165, 1.54) is 5.56 Å². The van der Waals surface area contributed by atoms with E-state index in [-0.39, 0.29) is 5.54 Å². The van der Waals surface area contributed by atoms with Crippen molar-refractivity contribution in [1.29, 1.82) is 0 Å². The number of benzene rings is 2. The van der Waals surface area contributed by atoms with Gasteiger partial charge in [-0.2, -0.15) is 0 Å². The van der Waals surface area contributed by atoms with E-state index >= 15 is 0 Å². The highest BCUT2D eigenvalue weighted by Crippen LogP contribution is 2.45. The maximum atomic E-state index is 11.9.